The van der Waals surface area contributed by atoms with E-state index in [0.29, 0.717) is 13.2 Å². The third-order valence-electron chi connectivity index (χ3n) is 3.63. The molecule has 2 rings (SSSR count). The fourth-order valence-electron chi connectivity index (χ4n) is 2.73. The average Bonchev–Trinajstić information content (AvgIpc) is 2.39. The summed E-state index contributed by atoms with van der Waals surface area (Å²) in [4.78, 5) is 12.0. The number of fused-ring (bicyclic) bond motifs is 1. The van der Waals surface area contributed by atoms with Crippen LogP contribution in [0.2, 0.25) is 0 Å². The van der Waals surface area contributed by atoms with Crippen LogP contribution >= 0.6 is 0 Å². The van der Waals surface area contributed by atoms with Gasteiger partial charge in [-0.25, -0.2) is 0 Å². The van der Waals surface area contributed by atoms with Crippen LogP contribution in [0.5, 0.6) is 0 Å². The summed E-state index contributed by atoms with van der Waals surface area (Å²) in [5.74, 6) is -0.300. The van der Waals surface area contributed by atoms with Crippen molar-refractivity contribution in [2.24, 2.45) is 5.73 Å². The predicted molar refractivity (Wildman–Crippen MR) is 70.1 cm³/mol. The smallest absolute Gasteiger partial charge is 0.242 e. The molecule has 1 aromatic carbocycles. The molecule has 0 spiro atoms. The predicted octanol–water partition coefficient (Wildman–Crippen LogP) is 0.940. The molecule has 0 aromatic heterocycles. The Morgan fingerprint density at radius 2 is 2.28 bits per heavy atom. The molecule has 0 saturated carbocycles. The second-order valence-electron chi connectivity index (χ2n) is 4.70. The maximum absolute atomic E-state index is 12.0. The van der Waals surface area contributed by atoms with Crippen LogP contribution in [0.3, 0.4) is 0 Å². The van der Waals surface area contributed by atoms with Crippen molar-refractivity contribution in [1.29, 1.82) is 0 Å². The van der Waals surface area contributed by atoms with Crippen LogP contribution in [0.15, 0.2) is 24.3 Å². The molecule has 0 heterocycles. The lowest BCUT2D eigenvalue weighted by Gasteiger charge is -2.37. The van der Waals surface area contributed by atoms with E-state index >= 15 is 0 Å². The second kappa shape index (κ2) is 5.50. The molecule has 0 bridgehead atoms. The van der Waals surface area contributed by atoms with E-state index in [0.717, 1.165) is 24.8 Å². The summed E-state index contributed by atoms with van der Waals surface area (Å²) in [5, 5.41) is 3.29. The molecule has 1 amide bonds. The Kier molecular flexibility index (Phi) is 3.99. The molecule has 0 radical (unpaired) electrons. The van der Waals surface area contributed by atoms with Crippen molar-refractivity contribution in [3.05, 3.63) is 35.4 Å². The lowest BCUT2D eigenvalue weighted by Crippen LogP contribution is -2.55. The Morgan fingerprint density at radius 3 is 3.00 bits per heavy atom. The minimum absolute atomic E-state index is 0.300. The number of hydrogen-bond acceptors (Lipinski definition) is 3. The van der Waals surface area contributed by atoms with Gasteiger partial charge < -0.3 is 10.5 Å². The lowest BCUT2D eigenvalue weighted by molar-refractivity contribution is -0.125. The van der Waals surface area contributed by atoms with E-state index in [1.807, 2.05) is 18.2 Å². The summed E-state index contributed by atoms with van der Waals surface area (Å²) in [6.07, 6.45) is 2.74. The zero-order chi connectivity index (χ0) is 13.0. The summed E-state index contributed by atoms with van der Waals surface area (Å²) in [5.41, 5.74) is 7.17. The number of carbonyl (C=O) groups is 1. The van der Waals surface area contributed by atoms with Crippen LogP contribution in [-0.4, -0.2) is 26.2 Å². The first-order valence-corrected chi connectivity index (χ1v) is 6.33. The largest absolute Gasteiger partial charge is 0.383 e. The average molecular weight is 248 g/mol. The topological polar surface area (TPSA) is 64.3 Å². The normalized spacial score (nSPS) is 22.5. The summed E-state index contributed by atoms with van der Waals surface area (Å²) in [7, 11) is 1.65. The van der Waals surface area contributed by atoms with Crippen molar-refractivity contribution < 1.29 is 9.53 Å². The first kappa shape index (κ1) is 13.1. The number of hydrogen-bond donors (Lipinski definition) is 2. The van der Waals surface area contributed by atoms with Gasteiger partial charge in [0.25, 0.3) is 0 Å². The third kappa shape index (κ3) is 2.26. The van der Waals surface area contributed by atoms with Gasteiger partial charge in [0.15, 0.2) is 0 Å². The maximum atomic E-state index is 12.0. The molecule has 18 heavy (non-hydrogen) atoms. The van der Waals surface area contributed by atoms with Gasteiger partial charge in [-0.15, -0.1) is 0 Å². The molecular weight excluding hydrogens is 228 g/mol. The molecule has 1 aromatic rings. The number of methoxy groups -OCH3 is 1. The first-order valence-electron chi connectivity index (χ1n) is 6.33. The van der Waals surface area contributed by atoms with Gasteiger partial charge in [0.05, 0.1) is 6.61 Å². The summed E-state index contributed by atoms with van der Waals surface area (Å²) >= 11 is 0. The minimum atomic E-state index is -0.729. The first-order chi connectivity index (χ1) is 8.70. The number of amides is 1. The molecule has 98 valence electrons. The number of benzene rings is 1. The van der Waals surface area contributed by atoms with Crippen molar-refractivity contribution in [3.63, 3.8) is 0 Å². The zero-order valence-corrected chi connectivity index (χ0v) is 10.7. The fraction of sp³-hybridized carbons (Fsp3) is 0.500. The molecule has 1 aliphatic carbocycles. The molecule has 4 nitrogen and oxygen atoms in total. The molecule has 3 N–H and O–H groups in total. The number of ether oxygens (including phenoxy) is 1. The summed E-state index contributed by atoms with van der Waals surface area (Å²) < 4.78 is 5.03. The number of nitrogens with one attached hydrogen (secondary N) is 1. The molecular formula is C14H20N2O2. The quantitative estimate of drug-likeness (QED) is 0.762. The van der Waals surface area contributed by atoms with E-state index in [1.54, 1.807) is 7.11 Å². The summed E-state index contributed by atoms with van der Waals surface area (Å²) in [6, 6.07) is 8.04. The molecule has 0 aliphatic heterocycles. The molecule has 1 unspecified atom stereocenters. The van der Waals surface area contributed by atoms with E-state index in [-0.39, 0.29) is 5.91 Å². The molecule has 1 aliphatic rings. The Bertz CT molecular complexity index is 434. The standard InChI is InChI=1S/C14H20N2O2/c1-18-10-9-16-14(13(15)17)8-4-6-11-5-2-3-7-12(11)14/h2-3,5,7,16H,4,6,8-10H2,1H3,(H2,15,17). The van der Waals surface area contributed by atoms with Gasteiger partial charge in [-0.1, -0.05) is 24.3 Å². The number of aryl methyl sites for hydroxylation is 1. The maximum Gasteiger partial charge on any atom is 0.242 e. The van der Waals surface area contributed by atoms with Gasteiger partial charge >= 0.3 is 0 Å². The van der Waals surface area contributed by atoms with Gasteiger partial charge in [0.2, 0.25) is 5.91 Å². The number of carbonyl (C=O) groups excluding carboxylic acids is 1. The van der Waals surface area contributed by atoms with Crippen LogP contribution in [0, 0.1) is 0 Å². The van der Waals surface area contributed by atoms with E-state index in [2.05, 4.69) is 11.4 Å². The van der Waals surface area contributed by atoms with E-state index in [4.69, 9.17) is 10.5 Å². The third-order valence-corrected chi connectivity index (χ3v) is 3.63. The number of rotatable bonds is 5. The van der Waals surface area contributed by atoms with Gasteiger partial charge in [0, 0.05) is 13.7 Å². The lowest BCUT2D eigenvalue weighted by atomic mass is 9.76. The zero-order valence-electron chi connectivity index (χ0n) is 10.7. The molecule has 4 heteroatoms. The van der Waals surface area contributed by atoms with Crippen LogP contribution in [0.25, 0.3) is 0 Å². The van der Waals surface area contributed by atoms with Gasteiger partial charge in [-0.3, -0.25) is 10.1 Å². The van der Waals surface area contributed by atoms with Gasteiger partial charge in [-0.2, -0.15) is 0 Å². The van der Waals surface area contributed by atoms with E-state index in [9.17, 15) is 4.79 Å². The minimum Gasteiger partial charge on any atom is -0.383 e. The van der Waals surface area contributed by atoms with Crippen LogP contribution in [0.1, 0.15) is 24.0 Å². The van der Waals surface area contributed by atoms with Gasteiger partial charge in [-0.05, 0) is 30.4 Å². The highest BCUT2D eigenvalue weighted by molar-refractivity contribution is 5.87. The number of nitrogens with two attached hydrogens (primary N) is 1. The Labute approximate surface area is 108 Å². The fourth-order valence-corrected chi connectivity index (χ4v) is 2.73. The van der Waals surface area contributed by atoms with Crippen molar-refractivity contribution in [2.75, 3.05) is 20.3 Å². The highest BCUT2D eigenvalue weighted by atomic mass is 16.5. The van der Waals surface area contributed by atoms with E-state index < -0.39 is 5.54 Å². The highest BCUT2D eigenvalue weighted by Crippen LogP contribution is 2.35. The second-order valence-corrected chi connectivity index (χ2v) is 4.70. The molecule has 0 fully saturated rings. The van der Waals surface area contributed by atoms with Crippen LogP contribution < -0.4 is 11.1 Å². The molecule has 1 atom stereocenters. The van der Waals surface area contributed by atoms with Crippen LogP contribution in [-0.2, 0) is 21.5 Å². The van der Waals surface area contributed by atoms with Gasteiger partial charge in [0.1, 0.15) is 5.54 Å². The summed E-state index contributed by atoms with van der Waals surface area (Å²) in [6.45, 7) is 1.19. The van der Waals surface area contributed by atoms with Crippen molar-refractivity contribution in [2.45, 2.75) is 24.8 Å². The molecule has 0 saturated heterocycles. The van der Waals surface area contributed by atoms with Crippen LogP contribution in [0.4, 0.5) is 0 Å². The Balaban J connectivity index is 2.33. The van der Waals surface area contributed by atoms with E-state index in [1.165, 1.54) is 5.56 Å². The van der Waals surface area contributed by atoms with Crippen molar-refractivity contribution in [3.8, 4) is 0 Å². The monoisotopic (exact) mass is 248 g/mol. The Hall–Kier alpha value is -1.39. The highest BCUT2D eigenvalue weighted by Gasteiger charge is 2.41. The van der Waals surface area contributed by atoms with Crippen molar-refractivity contribution in [1.82, 2.24) is 5.32 Å². The Morgan fingerprint density at radius 1 is 1.50 bits per heavy atom. The van der Waals surface area contributed by atoms with Crippen molar-refractivity contribution >= 4 is 5.91 Å². The number of primary amides is 1. The SMILES string of the molecule is COCCNC1(C(N)=O)CCCc2ccccc21.